The van der Waals surface area contributed by atoms with Crippen molar-refractivity contribution in [2.75, 3.05) is 18.6 Å². The zero-order valence-corrected chi connectivity index (χ0v) is 18.1. The Morgan fingerprint density at radius 2 is 1.75 bits per heavy atom. The van der Waals surface area contributed by atoms with Crippen molar-refractivity contribution in [1.82, 2.24) is 0 Å². The molecule has 28 heavy (non-hydrogen) atoms. The van der Waals surface area contributed by atoms with Crippen LogP contribution in [0.1, 0.15) is 43.9 Å². The van der Waals surface area contributed by atoms with Gasteiger partial charge in [-0.25, -0.2) is 0 Å². The number of ether oxygens (including phenoxy) is 3. The van der Waals surface area contributed by atoms with Gasteiger partial charge in [0, 0.05) is 24.5 Å². The van der Waals surface area contributed by atoms with E-state index in [1.165, 1.54) is 22.4 Å². The second kappa shape index (κ2) is 8.27. The molecule has 1 unspecified atom stereocenters. The SMILES string of the molecule is CCC(COC)OC1=C2C=C(C)OC=C2N(c2c(C)cc(C)cc2C)C=C1C. The van der Waals surface area contributed by atoms with Crippen molar-refractivity contribution in [1.29, 1.82) is 0 Å². The van der Waals surface area contributed by atoms with Gasteiger partial charge in [0.05, 0.1) is 18.0 Å². The number of hydrogen-bond donors (Lipinski definition) is 0. The maximum atomic E-state index is 6.39. The summed E-state index contributed by atoms with van der Waals surface area (Å²) in [5.41, 5.74) is 8.07. The third-order valence-corrected chi connectivity index (χ3v) is 5.13. The lowest BCUT2D eigenvalue weighted by atomic mass is 9.97. The van der Waals surface area contributed by atoms with Gasteiger partial charge in [-0.2, -0.15) is 0 Å². The molecule has 0 amide bonds. The Labute approximate surface area is 168 Å². The van der Waals surface area contributed by atoms with E-state index in [0.717, 1.165) is 34.8 Å². The van der Waals surface area contributed by atoms with E-state index in [1.807, 2.05) is 13.2 Å². The van der Waals surface area contributed by atoms with Crippen LogP contribution in [0.5, 0.6) is 0 Å². The fourth-order valence-corrected chi connectivity index (χ4v) is 3.91. The largest absolute Gasteiger partial charge is 0.487 e. The first-order chi connectivity index (χ1) is 13.3. The van der Waals surface area contributed by atoms with Crippen LogP contribution in [0.3, 0.4) is 0 Å². The Hall–Kier alpha value is -2.46. The number of fused-ring (bicyclic) bond motifs is 1. The molecule has 2 aliphatic rings. The summed E-state index contributed by atoms with van der Waals surface area (Å²) in [5, 5.41) is 0. The monoisotopic (exact) mass is 381 g/mol. The minimum absolute atomic E-state index is 0.0167. The van der Waals surface area contributed by atoms with Gasteiger partial charge < -0.3 is 19.1 Å². The number of nitrogens with zero attached hydrogens (tertiary/aromatic N) is 1. The highest BCUT2D eigenvalue weighted by molar-refractivity contribution is 5.72. The van der Waals surface area contributed by atoms with Crippen LogP contribution >= 0.6 is 0 Å². The lowest BCUT2D eigenvalue weighted by molar-refractivity contribution is 0.0368. The van der Waals surface area contributed by atoms with Crippen molar-refractivity contribution in [3.05, 3.63) is 75.7 Å². The standard InChI is InChI=1S/C24H31NO3/c1-8-20(13-26-7)28-24-18(5)12-25(22-14-27-19(6)11-21(22)24)23-16(3)9-15(2)10-17(23)4/h9-12,14,20H,8,13H2,1-7H3. The molecule has 0 aliphatic carbocycles. The van der Waals surface area contributed by atoms with E-state index < -0.39 is 0 Å². The molecule has 0 saturated heterocycles. The molecule has 4 heteroatoms. The molecule has 1 atom stereocenters. The average molecular weight is 382 g/mol. The van der Waals surface area contributed by atoms with Crippen LogP contribution in [0.2, 0.25) is 0 Å². The number of allylic oxidation sites excluding steroid dienone is 3. The number of hydrogen-bond acceptors (Lipinski definition) is 4. The third kappa shape index (κ3) is 3.88. The highest BCUT2D eigenvalue weighted by atomic mass is 16.5. The van der Waals surface area contributed by atoms with E-state index in [1.54, 1.807) is 7.11 Å². The van der Waals surface area contributed by atoms with Gasteiger partial charge in [-0.1, -0.05) is 24.6 Å². The maximum absolute atomic E-state index is 6.39. The van der Waals surface area contributed by atoms with Gasteiger partial charge in [-0.15, -0.1) is 0 Å². The molecule has 0 radical (unpaired) electrons. The summed E-state index contributed by atoms with van der Waals surface area (Å²) in [6.07, 6.45) is 6.94. The highest BCUT2D eigenvalue weighted by Crippen LogP contribution is 2.40. The van der Waals surface area contributed by atoms with E-state index in [0.29, 0.717) is 6.61 Å². The molecular weight excluding hydrogens is 350 g/mol. The molecule has 1 aromatic rings. The Bertz CT molecular complexity index is 866. The Balaban J connectivity index is 2.09. The molecule has 0 saturated carbocycles. The molecule has 2 heterocycles. The number of aryl methyl sites for hydroxylation is 3. The van der Waals surface area contributed by atoms with E-state index in [9.17, 15) is 0 Å². The fraction of sp³-hybridized carbons (Fsp3) is 0.417. The molecule has 0 fully saturated rings. The minimum Gasteiger partial charge on any atom is -0.487 e. The van der Waals surface area contributed by atoms with Crippen LogP contribution < -0.4 is 4.90 Å². The molecule has 0 N–H and O–H groups in total. The van der Waals surface area contributed by atoms with Crippen molar-refractivity contribution in [3.63, 3.8) is 0 Å². The Morgan fingerprint density at radius 3 is 2.36 bits per heavy atom. The zero-order valence-electron chi connectivity index (χ0n) is 18.1. The first-order valence-corrected chi connectivity index (χ1v) is 9.86. The van der Waals surface area contributed by atoms with Gasteiger partial charge in [-0.05, 0) is 58.2 Å². The number of methoxy groups -OCH3 is 1. The van der Waals surface area contributed by atoms with Crippen LogP contribution in [-0.2, 0) is 14.2 Å². The maximum Gasteiger partial charge on any atom is 0.133 e. The summed E-state index contributed by atoms with van der Waals surface area (Å²) < 4.78 is 17.5. The van der Waals surface area contributed by atoms with Gasteiger partial charge in [0.2, 0.25) is 0 Å². The van der Waals surface area contributed by atoms with Crippen LogP contribution in [0.25, 0.3) is 0 Å². The van der Waals surface area contributed by atoms with E-state index in [4.69, 9.17) is 14.2 Å². The van der Waals surface area contributed by atoms with E-state index in [-0.39, 0.29) is 6.10 Å². The summed E-state index contributed by atoms with van der Waals surface area (Å²) in [6, 6.07) is 4.44. The predicted molar refractivity (Wildman–Crippen MR) is 114 cm³/mol. The molecule has 0 spiro atoms. The Morgan fingerprint density at radius 1 is 1.07 bits per heavy atom. The molecule has 4 nitrogen and oxygen atoms in total. The van der Waals surface area contributed by atoms with Gasteiger partial charge in [-0.3, -0.25) is 0 Å². The van der Waals surface area contributed by atoms with Crippen molar-refractivity contribution in [2.24, 2.45) is 0 Å². The molecular formula is C24H31NO3. The average Bonchev–Trinajstić information content (AvgIpc) is 2.62. The Kier molecular flexibility index (Phi) is 5.99. The van der Waals surface area contributed by atoms with Gasteiger partial charge in [0.1, 0.15) is 23.9 Å². The van der Waals surface area contributed by atoms with Gasteiger partial charge in [0.15, 0.2) is 0 Å². The van der Waals surface area contributed by atoms with Gasteiger partial charge in [0.25, 0.3) is 0 Å². The second-order valence-electron chi connectivity index (χ2n) is 7.65. The van der Waals surface area contributed by atoms with Crippen molar-refractivity contribution in [2.45, 2.75) is 54.1 Å². The number of anilines is 1. The topological polar surface area (TPSA) is 30.9 Å². The first-order valence-electron chi connectivity index (χ1n) is 9.86. The molecule has 150 valence electrons. The van der Waals surface area contributed by atoms with E-state index in [2.05, 4.69) is 63.9 Å². The zero-order chi connectivity index (χ0) is 20.4. The molecule has 3 rings (SSSR count). The quantitative estimate of drug-likeness (QED) is 0.622. The van der Waals surface area contributed by atoms with Crippen LogP contribution in [0, 0.1) is 20.8 Å². The molecule has 0 aromatic heterocycles. The predicted octanol–water partition coefficient (Wildman–Crippen LogP) is 5.81. The first kappa shape index (κ1) is 20.3. The smallest absolute Gasteiger partial charge is 0.133 e. The van der Waals surface area contributed by atoms with Crippen LogP contribution in [0.15, 0.2) is 59.0 Å². The fourth-order valence-electron chi connectivity index (χ4n) is 3.91. The highest BCUT2D eigenvalue weighted by Gasteiger charge is 2.30. The van der Waals surface area contributed by atoms with Gasteiger partial charge >= 0.3 is 0 Å². The summed E-state index contributed by atoms with van der Waals surface area (Å²) in [5.74, 6) is 1.75. The summed E-state index contributed by atoms with van der Waals surface area (Å²) in [4.78, 5) is 2.22. The number of rotatable bonds is 6. The lowest BCUT2D eigenvalue weighted by Crippen LogP contribution is -2.28. The lowest BCUT2D eigenvalue weighted by Gasteiger charge is -2.35. The number of benzene rings is 1. The molecule has 1 aromatic carbocycles. The minimum atomic E-state index is 0.0167. The van der Waals surface area contributed by atoms with Crippen LogP contribution in [0.4, 0.5) is 5.69 Å². The summed E-state index contributed by atoms with van der Waals surface area (Å²) in [7, 11) is 1.71. The van der Waals surface area contributed by atoms with E-state index >= 15 is 0 Å². The molecule has 0 bridgehead atoms. The van der Waals surface area contributed by atoms with Crippen molar-refractivity contribution in [3.8, 4) is 0 Å². The van der Waals surface area contributed by atoms with Crippen molar-refractivity contribution < 1.29 is 14.2 Å². The third-order valence-electron chi connectivity index (χ3n) is 5.13. The van der Waals surface area contributed by atoms with Crippen LogP contribution in [-0.4, -0.2) is 19.8 Å². The normalized spacial score (nSPS) is 17.4. The summed E-state index contributed by atoms with van der Waals surface area (Å²) >= 11 is 0. The summed E-state index contributed by atoms with van der Waals surface area (Å²) in [6.45, 7) is 13.2. The molecule has 2 aliphatic heterocycles. The van der Waals surface area contributed by atoms with Crippen molar-refractivity contribution >= 4 is 5.69 Å². The second-order valence-corrected chi connectivity index (χ2v) is 7.65.